The Kier molecular flexibility index (Phi) is 4.11. The number of nitrogens with zero attached hydrogens (tertiary/aromatic N) is 6. The molecule has 2 aromatic heterocycles. The van der Waals surface area contributed by atoms with Crippen LogP contribution in [0.2, 0.25) is 5.02 Å². The molecule has 4 heterocycles. The summed E-state index contributed by atoms with van der Waals surface area (Å²) in [6.45, 7) is 1.89. The van der Waals surface area contributed by atoms with E-state index in [1.54, 1.807) is 12.3 Å². The largest absolute Gasteiger partial charge is 0.345 e. The van der Waals surface area contributed by atoms with Gasteiger partial charge in [-0.1, -0.05) is 18.0 Å². The lowest BCUT2D eigenvalue weighted by molar-refractivity contribution is 0.558. The first-order valence-corrected chi connectivity index (χ1v) is 8.90. The summed E-state index contributed by atoms with van der Waals surface area (Å²) < 4.78 is 2.30. The Morgan fingerprint density at radius 2 is 2.08 bits per heavy atom. The van der Waals surface area contributed by atoms with Crippen molar-refractivity contribution in [3.63, 3.8) is 0 Å². The van der Waals surface area contributed by atoms with Crippen molar-refractivity contribution < 1.29 is 0 Å². The van der Waals surface area contributed by atoms with Gasteiger partial charge in [0.05, 0.1) is 16.6 Å². The molecule has 24 heavy (non-hydrogen) atoms. The molecule has 0 saturated carbocycles. The van der Waals surface area contributed by atoms with Gasteiger partial charge in [-0.25, -0.2) is 4.98 Å². The van der Waals surface area contributed by atoms with Crippen LogP contribution in [-0.4, -0.2) is 26.3 Å². The Morgan fingerprint density at radius 3 is 2.92 bits per heavy atom. The third-order valence-corrected chi connectivity index (χ3v) is 5.19. The lowest BCUT2D eigenvalue weighted by atomic mass is 10.2. The summed E-state index contributed by atoms with van der Waals surface area (Å²) in [5.41, 5.74) is 0.482. The summed E-state index contributed by atoms with van der Waals surface area (Å²) in [6, 6.07) is 3.92. The van der Waals surface area contributed by atoms with Gasteiger partial charge in [0, 0.05) is 25.7 Å². The van der Waals surface area contributed by atoms with E-state index in [9.17, 15) is 0 Å². The smallest absolute Gasteiger partial charge is 0.155 e. The van der Waals surface area contributed by atoms with E-state index in [1.807, 2.05) is 0 Å². The zero-order valence-electron chi connectivity index (χ0n) is 13.5. The van der Waals surface area contributed by atoms with Crippen LogP contribution in [0.25, 0.3) is 0 Å². The Bertz CT molecular complexity index is 793. The zero-order chi connectivity index (χ0) is 16.5. The fraction of sp³-hybridized carbons (Fsp3) is 0.529. The Balaban J connectivity index is 1.69. The highest BCUT2D eigenvalue weighted by atomic mass is 35.5. The molecule has 1 fully saturated rings. The summed E-state index contributed by atoms with van der Waals surface area (Å²) >= 11 is 6.39. The normalized spacial score (nSPS) is 20.5. The van der Waals surface area contributed by atoms with E-state index in [4.69, 9.17) is 16.9 Å². The van der Waals surface area contributed by atoms with Crippen molar-refractivity contribution in [2.75, 3.05) is 11.4 Å². The number of hydrogen-bond donors (Lipinski definition) is 0. The standard InChI is InChI=1S/C17H19ClN6/c18-13-9-12(10-19)11-20-16(13)23-8-4-5-14(23)17-22-21-15-6-2-1-3-7-24(15)17/h9,11,14H,1-8H2/t14-/m0/s1. The summed E-state index contributed by atoms with van der Waals surface area (Å²) in [6.07, 6.45) is 8.31. The van der Waals surface area contributed by atoms with Crippen molar-refractivity contribution in [2.24, 2.45) is 0 Å². The van der Waals surface area contributed by atoms with Crippen LogP contribution in [0.15, 0.2) is 12.3 Å². The predicted molar refractivity (Wildman–Crippen MR) is 90.9 cm³/mol. The molecule has 0 N–H and O–H groups in total. The number of anilines is 1. The lowest BCUT2D eigenvalue weighted by Gasteiger charge is -2.26. The van der Waals surface area contributed by atoms with Gasteiger partial charge in [0.2, 0.25) is 0 Å². The van der Waals surface area contributed by atoms with Crippen LogP contribution < -0.4 is 4.90 Å². The number of aryl methyl sites for hydroxylation is 1. The molecule has 0 amide bonds. The summed E-state index contributed by atoms with van der Waals surface area (Å²) in [4.78, 5) is 6.65. The number of pyridine rings is 1. The van der Waals surface area contributed by atoms with Crippen LogP contribution in [0, 0.1) is 11.3 Å². The molecule has 2 aliphatic heterocycles. The van der Waals surface area contributed by atoms with E-state index in [1.165, 1.54) is 19.3 Å². The number of aromatic nitrogens is 4. The highest BCUT2D eigenvalue weighted by Crippen LogP contribution is 2.38. The predicted octanol–water partition coefficient (Wildman–Crippen LogP) is 3.27. The van der Waals surface area contributed by atoms with Crippen molar-refractivity contribution in [1.82, 2.24) is 19.7 Å². The monoisotopic (exact) mass is 342 g/mol. The van der Waals surface area contributed by atoms with Crippen molar-refractivity contribution in [3.8, 4) is 6.07 Å². The van der Waals surface area contributed by atoms with Crippen molar-refractivity contribution in [3.05, 3.63) is 34.5 Å². The second kappa shape index (κ2) is 6.40. The quantitative estimate of drug-likeness (QED) is 0.837. The molecule has 0 spiro atoms. The molecule has 1 saturated heterocycles. The maximum absolute atomic E-state index is 9.00. The first-order chi connectivity index (χ1) is 11.8. The second-order valence-corrected chi connectivity index (χ2v) is 6.84. The minimum absolute atomic E-state index is 0.155. The van der Waals surface area contributed by atoms with E-state index >= 15 is 0 Å². The SMILES string of the molecule is N#Cc1cnc(N2CCC[C@H]2c2nnc3n2CCCCC3)c(Cl)c1. The van der Waals surface area contributed by atoms with E-state index in [0.717, 1.165) is 49.8 Å². The van der Waals surface area contributed by atoms with Gasteiger partial charge in [-0.05, 0) is 31.7 Å². The van der Waals surface area contributed by atoms with Gasteiger partial charge in [-0.2, -0.15) is 5.26 Å². The molecule has 2 aliphatic rings. The van der Waals surface area contributed by atoms with Crippen LogP contribution in [0.1, 0.15) is 55.4 Å². The second-order valence-electron chi connectivity index (χ2n) is 6.43. The Hall–Kier alpha value is -2.13. The van der Waals surface area contributed by atoms with Crippen LogP contribution in [0.3, 0.4) is 0 Å². The van der Waals surface area contributed by atoms with Crippen molar-refractivity contribution >= 4 is 17.4 Å². The fourth-order valence-electron chi connectivity index (χ4n) is 3.75. The van der Waals surface area contributed by atoms with Crippen LogP contribution in [0.5, 0.6) is 0 Å². The first-order valence-electron chi connectivity index (χ1n) is 8.52. The summed E-state index contributed by atoms with van der Waals surface area (Å²) in [7, 11) is 0. The third-order valence-electron chi connectivity index (χ3n) is 4.91. The topological polar surface area (TPSA) is 70.6 Å². The fourth-order valence-corrected chi connectivity index (χ4v) is 4.02. The van der Waals surface area contributed by atoms with Gasteiger partial charge >= 0.3 is 0 Å². The maximum atomic E-state index is 9.00. The van der Waals surface area contributed by atoms with E-state index < -0.39 is 0 Å². The Labute approximate surface area is 146 Å². The van der Waals surface area contributed by atoms with E-state index in [-0.39, 0.29) is 6.04 Å². The van der Waals surface area contributed by atoms with Crippen molar-refractivity contribution in [1.29, 1.82) is 5.26 Å². The molecule has 6 nitrogen and oxygen atoms in total. The minimum atomic E-state index is 0.155. The number of rotatable bonds is 2. The van der Waals surface area contributed by atoms with Gasteiger partial charge in [0.25, 0.3) is 0 Å². The molecule has 1 atom stereocenters. The number of fused-ring (bicyclic) bond motifs is 1. The van der Waals surface area contributed by atoms with E-state index in [0.29, 0.717) is 10.6 Å². The molecular formula is C17H19ClN6. The van der Waals surface area contributed by atoms with Gasteiger partial charge in [-0.15, -0.1) is 10.2 Å². The van der Waals surface area contributed by atoms with Gasteiger partial charge < -0.3 is 9.47 Å². The summed E-state index contributed by atoms with van der Waals surface area (Å²) in [5.74, 6) is 2.88. The third kappa shape index (κ3) is 2.63. The highest BCUT2D eigenvalue weighted by molar-refractivity contribution is 6.33. The first kappa shape index (κ1) is 15.4. The minimum Gasteiger partial charge on any atom is -0.345 e. The molecular weight excluding hydrogens is 324 g/mol. The maximum Gasteiger partial charge on any atom is 0.155 e. The number of hydrogen-bond acceptors (Lipinski definition) is 5. The molecule has 2 aromatic rings. The molecule has 7 heteroatoms. The number of halogens is 1. The highest BCUT2D eigenvalue weighted by Gasteiger charge is 2.33. The molecule has 4 rings (SSSR count). The molecule has 0 bridgehead atoms. The van der Waals surface area contributed by atoms with Crippen LogP contribution in [-0.2, 0) is 13.0 Å². The molecule has 0 radical (unpaired) electrons. The van der Waals surface area contributed by atoms with Crippen LogP contribution >= 0.6 is 11.6 Å². The van der Waals surface area contributed by atoms with Crippen molar-refractivity contribution in [2.45, 2.75) is 51.1 Å². The lowest BCUT2D eigenvalue weighted by Crippen LogP contribution is -2.26. The Morgan fingerprint density at radius 1 is 1.17 bits per heavy atom. The molecule has 0 unspecified atom stereocenters. The van der Waals surface area contributed by atoms with Crippen LogP contribution in [0.4, 0.5) is 5.82 Å². The number of nitriles is 1. The average molecular weight is 343 g/mol. The molecule has 124 valence electrons. The molecule has 0 aliphatic carbocycles. The van der Waals surface area contributed by atoms with Gasteiger partial charge in [0.1, 0.15) is 17.7 Å². The molecule has 0 aromatic carbocycles. The average Bonchev–Trinajstić information content (AvgIpc) is 3.15. The summed E-state index contributed by atoms with van der Waals surface area (Å²) in [5, 5.41) is 18.5. The van der Waals surface area contributed by atoms with Gasteiger partial charge in [0.15, 0.2) is 5.82 Å². The zero-order valence-corrected chi connectivity index (χ0v) is 14.2. The van der Waals surface area contributed by atoms with E-state index in [2.05, 4.69) is 30.7 Å². The van der Waals surface area contributed by atoms with Gasteiger partial charge in [-0.3, -0.25) is 0 Å².